The van der Waals surface area contributed by atoms with Crippen LogP contribution in [0.5, 0.6) is 0 Å². The molecule has 0 aliphatic carbocycles. The third-order valence-corrected chi connectivity index (χ3v) is 17.5. The molecule has 0 radical (unpaired) electrons. The molecule has 0 saturated carbocycles. The van der Waals surface area contributed by atoms with E-state index in [0.717, 1.165) is 84.4 Å². The van der Waals surface area contributed by atoms with Gasteiger partial charge >= 0.3 is 17.9 Å². The van der Waals surface area contributed by atoms with Gasteiger partial charge in [0.2, 0.25) is 5.60 Å². The number of aromatic nitrogens is 6. The average Bonchev–Trinajstić information content (AvgIpc) is 3.47. The molecule has 0 aromatic carbocycles. The van der Waals surface area contributed by atoms with E-state index in [0.29, 0.717) is 71.6 Å². The lowest BCUT2D eigenvalue weighted by molar-refractivity contribution is -0.222. The third-order valence-electron chi connectivity index (χ3n) is 17.5. The first-order valence-electron chi connectivity index (χ1n) is 28.6. The van der Waals surface area contributed by atoms with Crippen molar-refractivity contribution in [1.82, 2.24) is 40.6 Å². The number of carbonyl (C=O) groups is 3. The van der Waals surface area contributed by atoms with Gasteiger partial charge in [-0.3, -0.25) is 19.7 Å². The second-order valence-electron chi connectivity index (χ2n) is 26.3. The Hall–Kier alpha value is -5.65. The number of nitrogens with one attached hydrogen (secondary N) is 1. The number of hydrogen-bond acceptors (Lipinski definition) is 16. The monoisotopic (exact) mass is 1070 g/mol. The van der Waals surface area contributed by atoms with E-state index in [-0.39, 0.29) is 46.0 Å². The Bertz CT molecular complexity index is 2640. The van der Waals surface area contributed by atoms with Crippen LogP contribution in [0.1, 0.15) is 187 Å². The molecule has 4 aromatic heterocycles. The molecule has 17 heteroatoms. The number of carboxylic acid groups (broad SMARTS) is 1. The molecule has 4 aliphatic rings. The zero-order valence-electron chi connectivity index (χ0n) is 48.7. The lowest BCUT2D eigenvalue weighted by Crippen LogP contribution is -2.61. The van der Waals surface area contributed by atoms with Crippen molar-refractivity contribution in [1.29, 1.82) is 0 Å². The Morgan fingerprint density at radius 1 is 0.615 bits per heavy atom. The van der Waals surface area contributed by atoms with Gasteiger partial charge < -0.3 is 34.4 Å². The van der Waals surface area contributed by atoms with Gasteiger partial charge in [0, 0.05) is 111 Å². The molecule has 78 heavy (non-hydrogen) atoms. The Labute approximate surface area is 463 Å². The Balaban J connectivity index is 0.886. The van der Waals surface area contributed by atoms with Gasteiger partial charge in [-0.25, -0.2) is 9.59 Å². The minimum Gasteiger partial charge on any atom is -0.478 e. The quantitative estimate of drug-likeness (QED) is 0.0947. The number of esters is 2. The fourth-order valence-electron chi connectivity index (χ4n) is 11.5. The summed E-state index contributed by atoms with van der Waals surface area (Å²) in [6.45, 7) is 30.2. The number of nitrogens with zero attached hydrogens (tertiary/aromatic N) is 9. The van der Waals surface area contributed by atoms with Crippen LogP contribution in [-0.4, -0.2) is 129 Å². The van der Waals surface area contributed by atoms with Crippen molar-refractivity contribution in [3.8, 4) is 0 Å². The summed E-state index contributed by atoms with van der Waals surface area (Å²) < 4.78 is 18.2. The van der Waals surface area contributed by atoms with Crippen molar-refractivity contribution in [3.05, 3.63) is 94.8 Å². The Kier molecular flexibility index (Phi) is 17.7. The second kappa shape index (κ2) is 23.6. The van der Waals surface area contributed by atoms with Gasteiger partial charge in [0.15, 0.2) is 11.6 Å². The van der Waals surface area contributed by atoms with E-state index in [1.54, 1.807) is 6.92 Å². The average molecular weight is 1070 g/mol. The summed E-state index contributed by atoms with van der Waals surface area (Å²) in [4.78, 5) is 58.2. The molecule has 17 nitrogen and oxygen atoms in total. The highest BCUT2D eigenvalue weighted by Crippen LogP contribution is 2.40. The number of carboxylic acids is 1. The van der Waals surface area contributed by atoms with Crippen LogP contribution < -0.4 is 15.1 Å². The normalized spacial score (nSPS) is 20.6. The minimum absolute atomic E-state index is 0.00491. The predicted molar refractivity (Wildman–Crippen MR) is 301 cm³/mol. The number of hydrogen-bond donors (Lipinski definition) is 2. The molecule has 2 N–H and O–H groups in total. The molecule has 0 amide bonds. The number of morpholine rings is 1. The van der Waals surface area contributed by atoms with E-state index in [2.05, 4.69) is 131 Å². The highest BCUT2D eigenvalue weighted by molar-refractivity contribution is 5.87. The minimum atomic E-state index is -1.88. The summed E-state index contributed by atoms with van der Waals surface area (Å²) in [5.41, 5.74) is 1.85. The fraction of sp³-hybridized carbons (Fsp3) is 0.656. The van der Waals surface area contributed by atoms with Crippen LogP contribution in [0.2, 0.25) is 0 Å². The molecular weight excluding hydrogens is 985 g/mol. The number of anilines is 2. The smallest absolute Gasteiger partial charge is 0.367 e. The second-order valence-corrected chi connectivity index (χ2v) is 26.3. The number of ether oxygens (including phenoxy) is 3. The van der Waals surface area contributed by atoms with Crippen molar-refractivity contribution < 1.29 is 33.7 Å². The molecule has 4 saturated heterocycles. The van der Waals surface area contributed by atoms with Gasteiger partial charge in [0.25, 0.3) is 5.72 Å². The number of pyridine rings is 2. The first-order valence-corrected chi connectivity index (χ1v) is 28.6. The lowest BCUT2D eigenvalue weighted by atomic mass is 9.75. The van der Waals surface area contributed by atoms with Crippen molar-refractivity contribution >= 4 is 29.5 Å². The molecule has 0 spiro atoms. The van der Waals surface area contributed by atoms with Crippen LogP contribution in [0.3, 0.4) is 0 Å². The van der Waals surface area contributed by atoms with Crippen molar-refractivity contribution in [2.75, 3.05) is 68.8 Å². The maximum atomic E-state index is 14.8. The Morgan fingerprint density at radius 2 is 1.14 bits per heavy atom. The van der Waals surface area contributed by atoms with Crippen LogP contribution in [0.25, 0.3) is 0 Å². The van der Waals surface area contributed by atoms with E-state index >= 15 is 0 Å². The Morgan fingerprint density at radius 3 is 1.64 bits per heavy atom. The van der Waals surface area contributed by atoms with Crippen molar-refractivity contribution in [2.45, 2.75) is 186 Å². The van der Waals surface area contributed by atoms with E-state index < -0.39 is 35.2 Å². The predicted octanol–water partition coefficient (Wildman–Crippen LogP) is 9.40. The van der Waals surface area contributed by atoms with E-state index in [1.807, 2.05) is 29.4 Å². The molecule has 424 valence electrons. The van der Waals surface area contributed by atoms with Crippen LogP contribution in [0.15, 0.2) is 60.9 Å². The number of rotatable bonds is 17. The number of carbonyl (C=O) groups excluding carboxylic acids is 2. The van der Waals surface area contributed by atoms with Crippen LogP contribution in [0, 0.1) is 11.8 Å². The molecular formula is C61H88N10O7. The van der Waals surface area contributed by atoms with Gasteiger partial charge in [0.05, 0.1) is 30.6 Å². The van der Waals surface area contributed by atoms with Crippen molar-refractivity contribution in [2.24, 2.45) is 11.8 Å². The van der Waals surface area contributed by atoms with Gasteiger partial charge in [-0.1, -0.05) is 81.4 Å². The molecule has 0 bridgehead atoms. The maximum Gasteiger partial charge on any atom is 0.367 e. The largest absolute Gasteiger partial charge is 0.478 e. The standard InChI is InChI=1S/C61H88N10O7/c1-56(2,3)47-15-13-43(38-63-47)42-23-34-71(35-24-42)61(12,55(75)78-60(11,54(73)74)45-25-32-70(33-26-45)51-19-17-48(65-67-51)57(4,5)6)77-53(72)37-41-21-30-69(31-22-41)52-20-18-50(66-68-52)59(9,10)28-27-58(7,8)49-16-14-44(39-64-49)46-40-76-36-29-62-46/h13-20,38-39,41-42,45-46,62H,21-37,40H2,1-12H3,(H,73,74). The summed E-state index contributed by atoms with van der Waals surface area (Å²) in [6.07, 6.45) is 9.56. The summed E-state index contributed by atoms with van der Waals surface area (Å²) in [5.74, 6) is -1.43. The molecule has 4 fully saturated rings. The zero-order valence-corrected chi connectivity index (χ0v) is 48.7. The molecule has 8 rings (SSSR count). The van der Waals surface area contributed by atoms with E-state index in [1.165, 1.54) is 6.92 Å². The highest BCUT2D eigenvalue weighted by Gasteiger charge is 2.53. The van der Waals surface area contributed by atoms with Crippen LogP contribution in [0.4, 0.5) is 11.6 Å². The van der Waals surface area contributed by atoms with Gasteiger partial charge in [-0.05, 0) is 118 Å². The topological polar surface area (TPSA) is 198 Å². The first-order chi connectivity index (χ1) is 36.7. The molecule has 4 aromatic rings. The van der Waals surface area contributed by atoms with Gasteiger partial charge in [-0.15, -0.1) is 10.2 Å². The zero-order chi connectivity index (χ0) is 56.3. The third kappa shape index (κ3) is 13.7. The number of aliphatic carboxylic acids is 1. The number of piperidine rings is 3. The molecule has 8 heterocycles. The van der Waals surface area contributed by atoms with E-state index in [4.69, 9.17) is 34.4 Å². The summed E-state index contributed by atoms with van der Waals surface area (Å²) >= 11 is 0. The highest BCUT2D eigenvalue weighted by atomic mass is 16.6. The van der Waals surface area contributed by atoms with E-state index in [9.17, 15) is 19.5 Å². The molecule has 3 unspecified atom stereocenters. The number of likely N-dealkylation sites (tertiary alicyclic amines) is 1. The summed E-state index contributed by atoms with van der Waals surface area (Å²) in [6, 6.07) is 16.8. The fourth-order valence-corrected chi connectivity index (χ4v) is 11.5. The summed E-state index contributed by atoms with van der Waals surface area (Å²) in [5, 5.41) is 32.8. The SMILES string of the molecule is CC(C)(C)c1ccc(C2CCN(C(C)(OC(=O)CC3CCN(c4ccc(C(C)(C)CCC(C)(C)c5ccc(C6COCCN6)cn5)nn4)CC3)C(=O)OC(C)(C(=O)O)C3CCN(c4ccc(C(C)(C)C)nn4)CC3)CC2)cn1. The lowest BCUT2D eigenvalue weighted by Gasteiger charge is -2.45. The van der Waals surface area contributed by atoms with Gasteiger partial charge in [-0.2, -0.15) is 10.2 Å². The maximum absolute atomic E-state index is 14.8. The summed E-state index contributed by atoms with van der Waals surface area (Å²) in [7, 11) is 0. The first kappa shape index (κ1) is 58.5. The van der Waals surface area contributed by atoms with Gasteiger partial charge in [0.1, 0.15) is 0 Å². The molecule has 3 atom stereocenters. The van der Waals surface area contributed by atoms with Crippen LogP contribution in [-0.2, 0) is 50.3 Å². The van der Waals surface area contributed by atoms with Crippen LogP contribution >= 0.6 is 0 Å². The molecule has 4 aliphatic heterocycles. The van der Waals surface area contributed by atoms with Crippen molar-refractivity contribution in [3.63, 3.8) is 0 Å².